The van der Waals surface area contributed by atoms with Crippen molar-refractivity contribution in [2.45, 2.75) is 20.0 Å². The predicted molar refractivity (Wildman–Crippen MR) is 72.4 cm³/mol. The average molecular weight is 275 g/mol. The summed E-state index contributed by atoms with van der Waals surface area (Å²) in [5.41, 5.74) is 2.54. The highest BCUT2D eigenvalue weighted by molar-refractivity contribution is 5.34. The Labute approximate surface area is 117 Å². The van der Waals surface area contributed by atoms with Crippen molar-refractivity contribution in [2.24, 2.45) is 0 Å². The molecular formula is C13H17N5O2. The second-order valence-corrected chi connectivity index (χ2v) is 4.12. The first-order valence-electron chi connectivity index (χ1n) is 6.14. The minimum Gasteiger partial charge on any atom is -0.481 e. The smallest absolute Gasteiger partial charge is 0.224 e. The Morgan fingerprint density at radius 2 is 1.65 bits per heavy atom. The largest absolute Gasteiger partial charge is 0.481 e. The molecule has 0 bridgehead atoms. The summed E-state index contributed by atoms with van der Waals surface area (Å²) in [4.78, 5) is 16.6. The molecule has 2 heterocycles. The number of hydrogen-bond acceptors (Lipinski definition) is 7. The maximum absolute atomic E-state index is 5.21. The van der Waals surface area contributed by atoms with Gasteiger partial charge in [0.2, 0.25) is 11.8 Å². The third kappa shape index (κ3) is 3.39. The number of rotatable bonds is 6. The third-order valence-corrected chi connectivity index (χ3v) is 2.70. The third-order valence-electron chi connectivity index (χ3n) is 2.70. The second kappa shape index (κ2) is 6.76. The minimum atomic E-state index is 0.499. The molecule has 2 rings (SSSR count). The molecule has 7 nitrogen and oxygen atoms in total. The number of ether oxygens (including phenoxy) is 2. The molecule has 0 atom stereocenters. The summed E-state index contributed by atoms with van der Waals surface area (Å²) in [6.45, 7) is 3.01. The fourth-order valence-corrected chi connectivity index (χ4v) is 1.71. The van der Waals surface area contributed by atoms with Gasteiger partial charge in [-0.25, -0.2) is 9.97 Å². The van der Waals surface area contributed by atoms with Crippen LogP contribution in [0.2, 0.25) is 0 Å². The van der Waals surface area contributed by atoms with Crippen LogP contribution in [-0.2, 0) is 13.1 Å². The van der Waals surface area contributed by atoms with Gasteiger partial charge in [0.25, 0.3) is 0 Å². The molecule has 0 aliphatic rings. The summed E-state index contributed by atoms with van der Waals surface area (Å²) in [6, 6.07) is 0. The first kappa shape index (κ1) is 14.1. The second-order valence-electron chi connectivity index (χ2n) is 4.12. The van der Waals surface area contributed by atoms with E-state index >= 15 is 0 Å². The van der Waals surface area contributed by atoms with Crippen LogP contribution in [0.3, 0.4) is 0 Å². The molecule has 0 aliphatic heterocycles. The SMILES string of the molecule is COc1ncnc(OC)c1CNCc1cnc(C)cn1. The molecule has 7 heteroatoms. The topological polar surface area (TPSA) is 82.1 Å². The molecule has 0 aliphatic carbocycles. The van der Waals surface area contributed by atoms with E-state index < -0.39 is 0 Å². The average Bonchev–Trinajstić information content (AvgIpc) is 2.49. The quantitative estimate of drug-likeness (QED) is 0.838. The van der Waals surface area contributed by atoms with Crippen LogP contribution in [-0.4, -0.2) is 34.2 Å². The van der Waals surface area contributed by atoms with E-state index in [9.17, 15) is 0 Å². The lowest BCUT2D eigenvalue weighted by molar-refractivity contribution is 0.359. The van der Waals surface area contributed by atoms with Gasteiger partial charge >= 0.3 is 0 Å². The highest BCUT2D eigenvalue weighted by Gasteiger charge is 2.12. The van der Waals surface area contributed by atoms with Gasteiger partial charge in [0.15, 0.2) is 0 Å². The van der Waals surface area contributed by atoms with E-state index in [1.54, 1.807) is 26.6 Å². The van der Waals surface area contributed by atoms with E-state index in [1.807, 2.05) is 6.92 Å². The van der Waals surface area contributed by atoms with Gasteiger partial charge < -0.3 is 14.8 Å². The van der Waals surface area contributed by atoms with Gasteiger partial charge in [-0.05, 0) is 6.92 Å². The van der Waals surface area contributed by atoms with Crippen molar-refractivity contribution < 1.29 is 9.47 Å². The minimum absolute atomic E-state index is 0.499. The molecule has 0 saturated carbocycles. The molecule has 0 spiro atoms. The monoisotopic (exact) mass is 275 g/mol. The van der Waals surface area contributed by atoms with Crippen molar-refractivity contribution >= 4 is 0 Å². The van der Waals surface area contributed by atoms with Crippen LogP contribution in [0.1, 0.15) is 17.0 Å². The van der Waals surface area contributed by atoms with Crippen molar-refractivity contribution in [3.63, 3.8) is 0 Å². The zero-order valence-corrected chi connectivity index (χ0v) is 11.8. The fraction of sp³-hybridized carbons (Fsp3) is 0.385. The van der Waals surface area contributed by atoms with Crippen LogP contribution in [0.15, 0.2) is 18.7 Å². The Balaban J connectivity index is 2.01. The van der Waals surface area contributed by atoms with Gasteiger partial charge in [-0.15, -0.1) is 0 Å². The Morgan fingerprint density at radius 3 is 2.20 bits per heavy atom. The number of methoxy groups -OCH3 is 2. The molecule has 0 fully saturated rings. The molecule has 0 unspecified atom stereocenters. The van der Waals surface area contributed by atoms with E-state index in [0.29, 0.717) is 24.8 Å². The van der Waals surface area contributed by atoms with Crippen LogP contribution in [0.4, 0.5) is 0 Å². The Morgan fingerprint density at radius 1 is 0.950 bits per heavy atom. The first-order valence-corrected chi connectivity index (χ1v) is 6.14. The van der Waals surface area contributed by atoms with Gasteiger partial charge in [0, 0.05) is 25.5 Å². The number of nitrogens with zero attached hydrogens (tertiary/aromatic N) is 4. The molecule has 0 saturated heterocycles. The standard InChI is InChI=1S/C13H17N5O2/c1-9-4-16-10(6-15-9)5-14-7-11-12(19-2)17-8-18-13(11)20-3/h4,6,8,14H,5,7H2,1-3H3. The maximum Gasteiger partial charge on any atom is 0.224 e. The van der Waals surface area contributed by atoms with Gasteiger partial charge in [-0.2, -0.15) is 0 Å². The molecular weight excluding hydrogens is 258 g/mol. The summed E-state index contributed by atoms with van der Waals surface area (Å²) < 4.78 is 10.4. The summed E-state index contributed by atoms with van der Waals surface area (Å²) in [5.74, 6) is 0.999. The van der Waals surface area contributed by atoms with Crippen molar-refractivity contribution in [1.82, 2.24) is 25.3 Å². The first-order chi connectivity index (χ1) is 9.74. The lowest BCUT2D eigenvalue weighted by atomic mass is 10.3. The number of aromatic nitrogens is 4. The zero-order valence-electron chi connectivity index (χ0n) is 11.8. The highest BCUT2D eigenvalue weighted by Crippen LogP contribution is 2.22. The van der Waals surface area contributed by atoms with Crippen molar-refractivity contribution in [3.05, 3.63) is 35.7 Å². The number of aryl methyl sites for hydroxylation is 1. The fourth-order valence-electron chi connectivity index (χ4n) is 1.71. The highest BCUT2D eigenvalue weighted by atomic mass is 16.5. The van der Waals surface area contributed by atoms with Crippen molar-refractivity contribution in [1.29, 1.82) is 0 Å². The van der Waals surface area contributed by atoms with E-state index in [4.69, 9.17) is 9.47 Å². The lowest BCUT2D eigenvalue weighted by Crippen LogP contribution is -2.16. The number of hydrogen-bond donors (Lipinski definition) is 1. The van der Waals surface area contributed by atoms with Crippen molar-refractivity contribution in [3.8, 4) is 11.8 Å². The molecule has 0 aromatic carbocycles. The predicted octanol–water partition coefficient (Wildman–Crippen LogP) is 0.882. The normalized spacial score (nSPS) is 10.3. The molecule has 2 aromatic rings. The van der Waals surface area contributed by atoms with E-state index in [1.165, 1.54) is 6.33 Å². The zero-order chi connectivity index (χ0) is 14.4. The molecule has 1 N–H and O–H groups in total. The van der Waals surface area contributed by atoms with Crippen molar-refractivity contribution in [2.75, 3.05) is 14.2 Å². The van der Waals surface area contributed by atoms with Crippen LogP contribution >= 0.6 is 0 Å². The lowest BCUT2D eigenvalue weighted by Gasteiger charge is -2.11. The van der Waals surface area contributed by atoms with Gasteiger partial charge in [-0.1, -0.05) is 0 Å². The number of nitrogens with one attached hydrogen (secondary N) is 1. The van der Waals surface area contributed by atoms with E-state index in [2.05, 4.69) is 25.3 Å². The van der Waals surface area contributed by atoms with Gasteiger partial charge in [-0.3, -0.25) is 9.97 Å². The Kier molecular flexibility index (Phi) is 4.78. The van der Waals surface area contributed by atoms with Crippen LogP contribution in [0.5, 0.6) is 11.8 Å². The van der Waals surface area contributed by atoms with E-state index in [0.717, 1.165) is 17.0 Å². The van der Waals surface area contributed by atoms with Crippen LogP contribution in [0.25, 0.3) is 0 Å². The van der Waals surface area contributed by atoms with Gasteiger partial charge in [0.1, 0.15) is 6.33 Å². The summed E-state index contributed by atoms with van der Waals surface area (Å²) in [6.07, 6.45) is 4.90. The molecule has 106 valence electrons. The maximum atomic E-state index is 5.21. The Bertz CT molecular complexity index is 537. The molecule has 0 amide bonds. The summed E-state index contributed by atoms with van der Waals surface area (Å²) in [5, 5.41) is 3.24. The Hall–Kier alpha value is -2.28. The summed E-state index contributed by atoms with van der Waals surface area (Å²) >= 11 is 0. The van der Waals surface area contributed by atoms with Gasteiger partial charge in [0.05, 0.1) is 31.2 Å². The molecule has 20 heavy (non-hydrogen) atoms. The molecule has 0 radical (unpaired) electrons. The molecule has 2 aromatic heterocycles. The van der Waals surface area contributed by atoms with Crippen LogP contribution in [0, 0.1) is 6.92 Å². The van der Waals surface area contributed by atoms with Crippen LogP contribution < -0.4 is 14.8 Å². The summed E-state index contributed by atoms with van der Waals surface area (Å²) in [7, 11) is 3.13. The van der Waals surface area contributed by atoms with E-state index in [-0.39, 0.29) is 0 Å².